The lowest BCUT2D eigenvalue weighted by molar-refractivity contribution is -0.248. The van der Waals surface area contributed by atoms with Crippen molar-refractivity contribution in [3.8, 4) is 0 Å². The first-order valence-corrected chi connectivity index (χ1v) is 5.34. The van der Waals surface area contributed by atoms with Crippen molar-refractivity contribution < 1.29 is 40.5 Å². The van der Waals surface area contributed by atoms with Gasteiger partial charge in [-0.05, 0) is 0 Å². The zero-order valence-electron chi connectivity index (χ0n) is 9.70. The summed E-state index contributed by atoms with van der Waals surface area (Å²) in [7, 11) is 0. The van der Waals surface area contributed by atoms with Crippen molar-refractivity contribution in [1.29, 1.82) is 0 Å². The molecule has 0 bridgehead atoms. The molecule has 110 valence electrons. The molecule has 1 aliphatic rings. The fourth-order valence-corrected chi connectivity index (χ4v) is 1.18. The van der Waals surface area contributed by atoms with Crippen LogP contribution in [-0.2, 0) is 4.74 Å². The molecule has 1 saturated heterocycles. The molecular weight excluding hydrogens is 250 g/mol. The Labute approximate surface area is 104 Å². The van der Waals surface area contributed by atoms with Crippen LogP contribution in [0.1, 0.15) is 0 Å². The number of aliphatic hydroxyl groups is 7. The van der Waals surface area contributed by atoms with Gasteiger partial charge in [0, 0.05) is 0 Å². The number of ether oxygens (including phenoxy) is 1. The van der Waals surface area contributed by atoms with Crippen LogP contribution in [0.25, 0.3) is 0 Å². The highest BCUT2D eigenvalue weighted by molar-refractivity contribution is 4.90. The van der Waals surface area contributed by atoms with Crippen LogP contribution >= 0.6 is 0 Å². The minimum atomic E-state index is -1.35. The summed E-state index contributed by atoms with van der Waals surface area (Å²) in [5.74, 6) is 0. The van der Waals surface area contributed by atoms with E-state index in [1.807, 2.05) is 0 Å². The maximum atomic E-state index is 9.20. The largest absolute Gasteiger partial charge is 0.394 e. The van der Waals surface area contributed by atoms with Gasteiger partial charge in [0.2, 0.25) is 0 Å². The fraction of sp³-hybridized carbons (Fsp3) is 1.00. The van der Waals surface area contributed by atoms with Crippen molar-refractivity contribution in [3.05, 3.63) is 0 Å². The van der Waals surface area contributed by atoms with E-state index in [0.717, 1.165) is 0 Å². The summed E-state index contributed by atoms with van der Waals surface area (Å²) in [6.45, 7) is -1.20. The molecule has 18 heavy (non-hydrogen) atoms. The molecule has 1 aliphatic heterocycles. The standard InChI is InChI=1S/C6H13NO5.C3H8O3/c7-3-5(10)4(9)2(1-8)12-6(3)11;4-1-3(6)2-5/h2-6,8-11H,1,7H2;3-6H,1-2H2/t2-,3-,4-,5-,6-;/m1./s1. The van der Waals surface area contributed by atoms with Gasteiger partial charge < -0.3 is 46.2 Å². The van der Waals surface area contributed by atoms with Gasteiger partial charge in [-0.15, -0.1) is 0 Å². The molecule has 0 aromatic rings. The van der Waals surface area contributed by atoms with E-state index in [2.05, 4.69) is 0 Å². The average molecular weight is 271 g/mol. The maximum Gasteiger partial charge on any atom is 0.173 e. The van der Waals surface area contributed by atoms with Gasteiger partial charge in [-0.1, -0.05) is 0 Å². The fourth-order valence-electron chi connectivity index (χ4n) is 1.18. The first kappa shape index (κ1) is 17.6. The predicted molar refractivity (Wildman–Crippen MR) is 58.1 cm³/mol. The van der Waals surface area contributed by atoms with E-state index in [1.54, 1.807) is 0 Å². The van der Waals surface area contributed by atoms with Gasteiger partial charge in [0.25, 0.3) is 0 Å². The molecule has 0 aliphatic carbocycles. The third kappa shape index (κ3) is 5.10. The Balaban J connectivity index is 0.000000411. The van der Waals surface area contributed by atoms with Crippen molar-refractivity contribution in [2.24, 2.45) is 5.73 Å². The van der Waals surface area contributed by atoms with Crippen LogP contribution in [-0.4, -0.2) is 92.3 Å². The molecule has 0 aromatic heterocycles. The highest BCUT2D eigenvalue weighted by Gasteiger charge is 2.41. The van der Waals surface area contributed by atoms with Crippen LogP contribution < -0.4 is 5.73 Å². The van der Waals surface area contributed by atoms with Crippen LogP contribution in [0.4, 0.5) is 0 Å². The van der Waals surface area contributed by atoms with Crippen molar-refractivity contribution >= 4 is 0 Å². The summed E-state index contributed by atoms with van der Waals surface area (Å²) in [6, 6.07) is -1.04. The highest BCUT2D eigenvalue weighted by atomic mass is 16.6. The Morgan fingerprint density at radius 1 is 1.00 bits per heavy atom. The number of rotatable bonds is 3. The summed E-state index contributed by atoms with van der Waals surface area (Å²) >= 11 is 0. The van der Waals surface area contributed by atoms with E-state index < -0.39 is 43.4 Å². The molecular formula is C9H21NO8. The van der Waals surface area contributed by atoms with Crippen LogP contribution in [0.5, 0.6) is 0 Å². The summed E-state index contributed by atoms with van der Waals surface area (Å²) < 4.78 is 4.70. The number of hydrogen-bond acceptors (Lipinski definition) is 9. The molecule has 0 radical (unpaired) electrons. The molecule has 5 atom stereocenters. The van der Waals surface area contributed by atoms with E-state index in [1.165, 1.54) is 0 Å². The van der Waals surface area contributed by atoms with Crippen molar-refractivity contribution in [3.63, 3.8) is 0 Å². The minimum Gasteiger partial charge on any atom is -0.394 e. The number of hydrogen-bond donors (Lipinski definition) is 8. The zero-order chi connectivity index (χ0) is 14.3. The predicted octanol–water partition coefficient (Wildman–Crippen LogP) is -4.92. The third-order valence-electron chi connectivity index (χ3n) is 2.37. The molecule has 0 aromatic carbocycles. The Hall–Kier alpha value is -0.360. The first-order chi connectivity index (χ1) is 8.38. The maximum absolute atomic E-state index is 9.20. The van der Waals surface area contributed by atoms with Crippen LogP contribution in [0.2, 0.25) is 0 Å². The number of aliphatic hydroxyl groups excluding tert-OH is 7. The SMILES string of the molecule is N[C@@H]1[C@@H](O)[C@H](O)[C@@H](CO)O[C@H]1O.OCC(O)CO. The van der Waals surface area contributed by atoms with Gasteiger partial charge in [0.15, 0.2) is 6.29 Å². The van der Waals surface area contributed by atoms with Crippen LogP contribution in [0.3, 0.4) is 0 Å². The lowest BCUT2D eigenvalue weighted by Crippen LogP contribution is -2.61. The smallest absolute Gasteiger partial charge is 0.173 e. The molecule has 9 heteroatoms. The molecule has 1 rings (SSSR count). The van der Waals surface area contributed by atoms with Crippen molar-refractivity contribution in [1.82, 2.24) is 0 Å². The second kappa shape index (κ2) is 8.69. The summed E-state index contributed by atoms with van der Waals surface area (Å²) in [5, 5.41) is 60.1. The van der Waals surface area contributed by atoms with Crippen molar-refractivity contribution in [2.45, 2.75) is 36.7 Å². The van der Waals surface area contributed by atoms with E-state index in [4.69, 9.17) is 36.0 Å². The van der Waals surface area contributed by atoms with Crippen LogP contribution in [0.15, 0.2) is 0 Å². The summed E-state index contributed by atoms with van der Waals surface area (Å²) in [5.41, 5.74) is 5.26. The number of nitrogens with two attached hydrogens (primary N) is 1. The van der Waals surface area contributed by atoms with Gasteiger partial charge in [-0.2, -0.15) is 0 Å². The molecule has 9 N–H and O–H groups in total. The second-order valence-electron chi connectivity index (χ2n) is 3.83. The average Bonchev–Trinajstić information content (AvgIpc) is 2.40. The van der Waals surface area contributed by atoms with E-state index in [0.29, 0.717) is 0 Å². The molecule has 1 fully saturated rings. The molecule has 0 amide bonds. The molecule has 9 nitrogen and oxygen atoms in total. The van der Waals surface area contributed by atoms with Crippen molar-refractivity contribution in [2.75, 3.05) is 19.8 Å². The lowest BCUT2D eigenvalue weighted by Gasteiger charge is -2.38. The quantitative estimate of drug-likeness (QED) is 0.250. The minimum absolute atomic E-state index is 0.365. The van der Waals surface area contributed by atoms with E-state index >= 15 is 0 Å². The lowest BCUT2D eigenvalue weighted by atomic mass is 9.98. The Kier molecular flexibility index (Phi) is 8.52. The highest BCUT2D eigenvalue weighted by Crippen LogP contribution is 2.17. The molecule has 1 heterocycles. The monoisotopic (exact) mass is 271 g/mol. The Morgan fingerprint density at radius 2 is 1.50 bits per heavy atom. The van der Waals surface area contributed by atoms with Gasteiger partial charge in [-0.3, -0.25) is 0 Å². The summed E-state index contributed by atoms with van der Waals surface area (Å²) in [4.78, 5) is 0. The van der Waals surface area contributed by atoms with E-state index in [9.17, 15) is 10.2 Å². The molecule has 0 saturated carbocycles. The normalized spacial score (nSPS) is 36.2. The third-order valence-corrected chi connectivity index (χ3v) is 2.37. The van der Waals surface area contributed by atoms with Gasteiger partial charge in [0.05, 0.1) is 25.9 Å². The van der Waals surface area contributed by atoms with E-state index in [-0.39, 0.29) is 13.2 Å². The van der Waals surface area contributed by atoms with Crippen LogP contribution in [0, 0.1) is 0 Å². The first-order valence-electron chi connectivity index (χ1n) is 5.34. The van der Waals surface area contributed by atoms with Gasteiger partial charge in [-0.25, -0.2) is 0 Å². The van der Waals surface area contributed by atoms with Gasteiger partial charge >= 0.3 is 0 Å². The Morgan fingerprint density at radius 3 is 1.83 bits per heavy atom. The molecule has 0 unspecified atom stereocenters. The zero-order valence-corrected chi connectivity index (χ0v) is 9.70. The van der Waals surface area contributed by atoms with Gasteiger partial charge in [0.1, 0.15) is 24.4 Å². The second-order valence-corrected chi connectivity index (χ2v) is 3.83. The topological polar surface area (TPSA) is 177 Å². The molecule has 0 spiro atoms. The Bertz CT molecular complexity index is 210. The summed E-state index contributed by atoms with van der Waals surface area (Å²) in [6.07, 6.45) is -5.81.